The summed E-state index contributed by atoms with van der Waals surface area (Å²) in [6, 6.07) is 9.27. The molecule has 0 unspecified atom stereocenters. The van der Waals surface area contributed by atoms with Crippen molar-refractivity contribution in [3.05, 3.63) is 67.9 Å². The van der Waals surface area contributed by atoms with Crippen molar-refractivity contribution >= 4 is 31.9 Å². The first kappa shape index (κ1) is 19.6. The Hall–Kier alpha value is -1.46. The Kier molecular flexibility index (Phi) is 7.65. The quantitative estimate of drug-likeness (QED) is 0.456. The second-order valence-corrected chi connectivity index (χ2v) is 5.94. The van der Waals surface area contributed by atoms with E-state index in [2.05, 4.69) is 31.9 Å². The van der Waals surface area contributed by atoms with E-state index in [9.17, 15) is 22.0 Å². The van der Waals surface area contributed by atoms with Gasteiger partial charge in [0, 0.05) is 14.5 Å². The van der Waals surface area contributed by atoms with E-state index < -0.39 is 24.2 Å². The molecule has 0 aliphatic heterocycles. The monoisotopic (exact) mass is 455 g/mol. The van der Waals surface area contributed by atoms with Crippen molar-refractivity contribution < 1.29 is 22.0 Å². The lowest BCUT2D eigenvalue weighted by molar-refractivity contribution is 0.146. The molecule has 0 aromatic heterocycles. The molecule has 0 aliphatic carbocycles. The zero-order valence-corrected chi connectivity index (χ0v) is 14.4. The maximum absolute atomic E-state index is 12.6. The van der Waals surface area contributed by atoms with Gasteiger partial charge in [-0.3, -0.25) is 0 Å². The molecule has 1 nitrogen and oxygen atoms in total. The molecule has 8 heteroatoms. The molecule has 0 atom stereocenters. The van der Waals surface area contributed by atoms with Gasteiger partial charge < -0.3 is 0 Å². The smallest absolute Gasteiger partial charge is 0.206 e. The predicted molar refractivity (Wildman–Crippen MR) is 82.9 cm³/mol. The molecular weight excluding hydrogens is 449 g/mol. The van der Waals surface area contributed by atoms with Crippen LogP contribution in [0.4, 0.5) is 22.0 Å². The van der Waals surface area contributed by atoms with Crippen LogP contribution in [0.2, 0.25) is 0 Å². The summed E-state index contributed by atoms with van der Waals surface area (Å²) < 4.78 is 61.8. The summed E-state index contributed by atoms with van der Waals surface area (Å²) in [5, 5.41) is 8.49. The summed E-state index contributed by atoms with van der Waals surface area (Å²) >= 11 is 6.05. The number of benzene rings is 2. The van der Waals surface area contributed by atoms with E-state index >= 15 is 0 Å². The van der Waals surface area contributed by atoms with Crippen LogP contribution in [0.1, 0.15) is 29.5 Å². The fraction of sp³-hybridized carbons (Fsp3) is 0.133. The highest BCUT2D eigenvalue weighted by molar-refractivity contribution is 9.10. The van der Waals surface area contributed by atoms with Gasteiger partial charge in [0.25, 0.3) is 12.9 Å². The number of hydrogen-bond acceptors (Lipinski definition) is 1. The number of hydrogen-bond donors (Lipinski definition) is 0. The van der Waals surface area contributed by atoms with Gasteiger partial charge >= 0.3 is 0 Å². The Labute approximate surface area is 146 Å². The van der Waals surface area contributed by atoms with Crippen molar-refractivity contribution in [2.75, 3.05) is 0 Å². The average Bonchev–Trinajstić information content (AvgIpc) is 2.46. The standard InChI is InChI=1S/C8H4BrF2N.C7H4BrF3/c9-6-1-2-7(8(10)11)5(3-6)4-12;8-4-1-2-5(7(10)11)6(9)3-4/h1-3,8H;1-3,7H. The number of nitrogens with zero attached hydrogens (tertiary/aromatic N) is 1. The first-order valence-corrected chi connectivity index (χ1v) is 7.55. The summed E-state index contributed by atoms with van der Waals surface area (Å²) in [6.07, 6.45) is -5.34. The van der Waals surface area contributed by atoms with Crippen molar-refractivity contribution in [3.63, 3.8) is 0 Å². The third-order valence-electron chi connectivity index (χ3n) is 2.57. The van der Waals surface area contributed by atoms with Gasteiger partial charge in [0.15, 0.2) is 0 Å². The van der Waals surface area contributed by atoms with Gasteiger partial charge in [-0.2, -0.15) is 5.26 Å². The first-order chi connectivity index (χ1) is 10.8. The Morgan fingerprint density at radius 3 is 1.74 bits per heavy atom. The SMILES string of the molecule is Fc1cc(Br)ccc1C(F)F.N#Cc1cc(Br)ccc1C(F)F. The molecule has 23 heavy (non-hydrogen) atoms. The van der Waals surface area contributed by atoms with Gasteiger partial charge in [0.1, 0.15) is 5.82 Å². The third-order valence-corrected chi connectivity index (χ3v) is 3.55. The lowest BCUT2D eigenvalue weighted by atomic mass is 10.1. The second kappa shape index (κ2) is 8.99. The van der Waals surface area contributed by atoms with Gasteiger partial charge in [-0.15, -0.1) is 0 Å². The fourth-order valence-electron chi connectivity index (χ4n) is 1.49. The summed E-state index contributed by atoms with van der Waals surface area (Å²) in [5.41, 5.74) is -0.770. The van der Waals surface area contributed by atoms with Gasteiger partial charge in [-0.25, -0.2) is 22.0 Å². The van der Waals surface area contributed by atoms with Crippen molar-refractivity contribution in [3.8, 4) is 6.07 Å². The van der Waals surface area contributed by atoms with Crippen LogP contribution in [-0.2, 0) is 0 Å². The van der Waals surface area contributed by atoms with Crippen LogP contribution < -0.4 is 0 Å². The summed E-state index contributed by atoms with van der Waals surface area (Å²) in [7, 11) is 0. The molecule has 0 fully saturated rings. The Balaban J connectivity index is 0.000000231. The summed E-state index contributed by atoms with van der Waals surface area (Å²) in [4.78, 5) is 0. The second-order valence-electron chi connectivity index (χ2n) is 4.11. The van der Waals surface area contributed by atoms with E-state index in [4.69, 9.17) is 5.26 Å². The van der Waals surface area contributed by atoms with Crippen LogP contribution in [0, 0.1) is 17.1 Å². The van der Waals surface area contributed by atoms with Crippen molar-refractivity contribution in [2.45, 2.75) is 12.9 Å². The predicted octanol–water partition coefficient (Wildman–Crippen LogP) is 6.78. The minimum Gasteiger partial charge on any atom is -0.206 e. The van der Waals surface area contributed by atoms with E-state index in [1.165, 1.54) is 24.3 Å². The average molecular weight is 457 g/mol. The molecule has 122 valence electrons. The van der Waals surface area contributed by atoms with Crippen LogP contribution in [0.15, 0.2) is 45.3 Å². The summed E-state index contributed by atoms with van der Waals surface area (Å²) in [6.45, 7) is 0. The highest BCUT2D eigenvalue weighted by atomic mass is 79.9. The van der Waals surface area contributed by atoms with E-state index in [0.29, 0.717) is 8.95 Å². The van der Waals surface area contributed by atoms with Gasteiger partial charge in [0.05, 0.1) is 17.2 Å². The molecular formula is C15H8Br2F5N. The highest BCUT2D eigenvalue weighted by Crippen LogP contribution is 2.25. The Bertz CT molecular complexity index is 713. The minimum atomic E-state index is -2.75. The molecule has 0 saturated heterocycles. The molecule has 0 aliphatic rings. The molecule has 0 N–H and O–H groups in total. The van der Waals surface area contributed by atoms with E-state index in [1.807, 2.05) is 0 Å². The molecule has 0 bridgehead atoms. The molecule has 0 heterocycles. The zero-order valence-electron chi connectivity index (χ0n) is 11.2. The highest BCUT2D eigenvalue weighted by Gasteiger charge is 2.13. The topological polar surface area (TPSA) is 23.8 Å². The summed E-state index contributed by atoms with van der Waals surface area (Å²) in [5.74, 6) is -0.880. The van der Waals surface area contributed by atoms with Crippen LogP contribution in [0.5, 0.6) is 0 Å². The van der Waals surface area contributed by atoms with Crippen LogP contribution in [0.25, 0.3) is 0 Å². The van der Waals surface area contributed by atoms with E-state index in [1.54, 1.807) is 6.07 Å². The van der Waals surface area contributed by atoms with Crippen LogP contribution in [-0.4, -0.2) is 0 Å². The maximum Gasteiger partial charge on any atom is 0.266 e. The number of nitriles is 1. The first-order valence-electron chi connectivity index (χ1n) is 5.97. The molecule has 2 rings (SSSR count). The fourth-order valence-corrected chi connectivity index (χ4v) is 2.19. The third kappa shape index (κ3) is 5.92. The number of rotatable bonds is 2. The Morgan fingerprint density at radius 1 is 0.826 bits per heavy atom. The molecule has 0 amide bonds. The van der Waals surface area contributed by atoms with Crippen LogP contribution >= 0.6 is 31.9 Å². The molecule has 0 spiro atoms. The van der Waals surface area contributed by atoms with Gasteiger partial charge in [-0.05, 0) is 30.3 Å². The van der Waals surface area contributed by atoms with Gasteiger partial charge in [0.2, 0.25) is 0 Å². The molecule has 0 radical (unpaired) electrons. The lowest BCUT2D eigenvalue weighted by Gasteiger charge is -2.01. The van der Waals surface area contributed by atoms with E-state index in [-0.39, 0.29) is 11.1 Å². The molecule has 0 saturated carbocycles. The normalized spacial score (nSPS) is 10.3. The lowest BCUT2D eigenvalue weighted by Crippen LogP contribution is -1.89. The van der Waals surface area contributed by atoms with Gasteiger partial charge in [-0.1, -0.05) is 37.9 Å². The Morgan fingerprint density at radius 2 is 1.30 bits per heavy atom. The minimum absolute atomic E-state index is 0.0133. The maximum atomic E-state index is 12.6. The van der Waals surface area contributed by atoms with Crippen molar-refractivity contribution in [2.24, 2.45) is 0 Å². The molecule has 2 aromatic rings. The largest absolute Gasteiger partial charge is 0.266 e. The number of alkyl halides is 4. The number of halogens is 7. The van der Waals surface area contributed by atoms with Crippen LogP contribution in [0.3, 0.4) is 0 Å². The zero-order chi connectivity index (χ0) is 17.6. The van der Waals surface area contributed by atoms with Crippen molar-refractivity contribution in [1.29, 1.82) is 5.26 Å². The van der Waals surface area contributed by atoms with E-state index in [0.717, 1.165) is 12.1 Å². The molecule has 2 aromatic carbocycles. The van der Waals surface area contributed by atoms with Crippen molar-refractivity contribution in [1.82, 2.24) is 0 Å².